The second-order valence-corrected chi connectivity index (χ2v) is 8.12. The molecule has 1 aromatic rings. The van der Waals surface area contributed by atoms with Crippen molar-refractivity contribution >= 4 is 31.7 Å². The van der Waals surface area contributed by atoms with E-state index in [1.807, 2.05) is 12.1 Å². The molecule has 0 aromatic heterocycles. The van der Waals surface area contributed by atoms with Crippen LogP contribution in [0.15, 0.2) is 28.7 Å². The molecule has 0 N–H and O–H groups in total. The smallest absolute Gasteiger partial charge is 0.237 e. The molecule has 0 unspecified atom stereocenters. The minimum absolute atomic E-state index is 0.283. The number of sulfone groups is 1. The van der Waals surface area contributed by atoms with Gasteiger partial charge in [-0.05, 0) is 30.0 Å². The molecule has 0 bridgehead atoms. The van der Waals surface area contributed by atoms with Crippen LogP contribution < -0.4 is 0 Å². The normalized spacial score (nSPS) is 16.2. The van der Waals surface area contributed by atoms with E-state index < -0.39 is 9.84 Å². The average Bonchev–Trinajstić information content (AvgIpc) is 2.22. The van der Waals surface area contributed by atoms with E-state index in [0.29, 0.717) is 19.0 Å². The molecule has 4 nitrogen and oxygen atoms in total. The van der Waals surface area contributed by atoms with Gasteiger partial charge in [0.2, 0.25) is 5.91 Å². The molecule has 1 aromatic carbocycles. The van der Waals surface area contributed by atoms with Gasteiger partial charge in [-0.2, -0.15) is 0 Å². The summed E-state index contributed by atoms with van der Waals surface area (Å²) in [5.41, 5.74) is 1.24. The predicted molar refractivity (Wildman–Crippen MR) is 77.6 cm³/mol. The van der Waals surface area contributed by atoms with Gasteiger partial charge in [0.05, 0.1) is 0 Å². The summed E-state index contributed by atoms with van der Waals surface area (Å²) in [6, 6.07) is 8.12. The van der Waals surface area contributed by atoms with Gasteiger partial charge in [-0.25, -0.2) is 8.42 Å². The van der Waals surface area contributed by atoms with E-state index in [2.05, 4.69) is 28.1 Å². The van der Waals surface area contributed by atoms with Crippen LogP contribution in [0.4, 0.5) is 0 Å². The maximum atomic E-state index is 11.6. The summed E-state index contributed by atoms with van der Waals surface area (Å²) in [6.45, 7) is 1.31. The monoisotopic (exact) mass is 345 g/mol. The first kappa shape index (κ1) is 14.5. The third-order valence-electron chi connectivity index (χ3n) is 3.13. The van der Waals surface area contributed by atoms with E-state index in [1.165, 1.54) is 5.56 Å². The van der Waals surface area contributed by atoms with Crippen molar-refractivity contribution in [3.05, 3.63) is 34.3 Å². The molecule has 0 spiro atoms. The molecule has 1 aliphatic heterocycles. The van der Waals surface area contributed by atoms with Crippen molar-refractivity contribution in [3.63, 3.8) is 0 Å². The molecule has 6 heteroatoms. The number of carbonyl (C=O) groups excluding carboxylic acids is 1. The van der Waals surface area contributed by atoms with E-state index in [0.717, 1.165) is 17.1 Å². The van der Waals surface area contributed by atoms with Gasteiger partial charge in [0.25, 0.3) is 0 Å². The van der Waals surface area contributed by atoms with Crippen LogP contribution in [-0.4, -0.2) is 44.3 Å². The van der Waals surface area contributed by atoms with Crippen molar-refractivity contribution in [3.8, 4) is 0 Å². The summed E-state index contributed by atoms with van der Waals surface area (Å²) in [5, 5.41) is 0. The lowest BCUT2D eigenvalue weighted by Gasteiger charge is -2.39. The van der Waals surface area contributed by atoms with Crippen LogP contribution in [0, 0.1) is 5.92 Å². The van der Waals surface area contributed by atoms with Crippen LogP contribution in [-0.2, 0) is 21.1 Å². The van der Waals surface area contributed by atoms with Crippen LogP contribution in [0.2, 0.25) is 0 Å². The lowest BCUT2D eigenvalue weighted by atomic mass is 9.92. The number of likely N-dealkylation sites (tertiary alicyclic amines) is 1. The number of amides is 1. The standard InChI is InChI=1S/C13H16BrNO3S/c1-19(17,18)9-13(16)15-7-11(8-15)6-10-2-4-12(14)5-3-10/h2-5,11H,6-9H2,1H3. The molecule has 0 aliphatic carbocycles. The van der Waals surface area contributed by atoms with Gasteiger partial charge in [-0.1, -0.05) is 28.1 Å². The highest BCUT2D eigenvalue weighted by Crippen LogP contribution is 2.21. The van der Waals surface area contributed by atoms with Gasteiger partial charge in [0, 0.05) is 23.8 Å². The summed E-state index contributed by atoms with van der Waals surface area (Å²) in [5.74, 6) is -0.225. The number of halogens is 1. The second-order valence-electron chi connectivity index (χ2n) is 5.07. The van der Waals surface area contributed by atoms with Crippen molar-refractivity contribution in [2.45, 2.75) is 6.42 Å². The Morgan fingerprint density at radius 3 is 2.42 bits per heavy atom. The van der Waals surface area contributed by atoms with E-state index in [4.69, 9.17) is 0 Å². The number of rotatable bonds is 4. The van der Waals surface area contributed by atoms with Gasteiger partial charge in [0.15, 0.2) is 9.84 Å². The summed E-state index contributed by atoms with van der Waals surface area (Å²) < 4.78 is 23.1. The van der Waals surface area contributed by atoms with Gasteiger partial charge >= 0.3 is 0 Å². The Morgan fingerprint density at radius 1 is 1.32 bits per heavy atom. The second kappa shape index (κ2) is 5.63. The Kier molecular flexibility index (Phi) is 4.30. The first-order chi connectivity index (χ1) is 8.83. The molecule has 0 saturated carbocycles. The Balaban J connectivity index is 1.80. The third kappa shape index (κ3) is 4.31. The maximum Gasteiger partial charge on any atom is 0.237 e. The van der Waals surface area contributed by atoms with Crippen molar-refractivity contribution in [1.82, 2.24) is 4.90 Å². The highest BCUT2D eigenvalue weighted by molar-refractivity contribution is 9.10. The van der Waals surface area contributed by atoms with E-state index in [-0.39, 0.29) is 11.7 Å². The zero-order valence-corrected chi connectivity index (χ0v) is 13.1. The molecular weight excluding hydrogens is 330 g/mol. The highest BCUT2D eigenvalue weighted by atomic mass is 79.9. The molecule has 1 saturated heterocycles. The third-order valence-corrected chi connectivity index (χ3v) is 4.43. The largest absolute Gasteiger partial charge is 0.341 e. The van der Waals surface area contributed by atoms with Gasteiger partial charge < -0.3 is 4.90 Å². The molecule has 2 rings (SSSR count). The minimum atomic E-state index is -3.22. The summed E-state index contributed by atoms with van der Waals surface area (Å²) in [4.78, 5) is 13.2. The molecular formula is C13H16BrNO3S. The Hall–Kier alpha value is -0.880. The number of carbonyl (C=O) groups is 1. The molecule has 0 atom stereocenters. The number of hydrogen-bond donors (Lipinski definition) is 0. The SMILES string of the molecule is CS(=O)(=O)CC(=O)N1CC(Cc2ccc(Br)cc2)C1. The van der Waals surface area contributed by atoms with Crippen molar-refractivity contribution in [2.24, 2.45) is 5.92 Å². The molecule has 19 heavy (non-hydrogen) atoms. The van der Waals surface area contributed by atoms with Crippen LogP contribution in [0.25, 0.3) is 0 Å². The lowest BCUT2D eigenvalue weighted by Crippen LogP contribution is -2.52. The fraction of sp³-hybridized carbons (Fsp3) is 0.462. The number of nitrogens with zero attached hydrogens (tertiary/aromatic N) is 1. The predicted octanol–water partition coefficient (Wildman–Crippen LogP) is 1.49. The fourth-order valence-electron chi connectivity index (χ4n) is 2.17. The molecule has 104 valence electrons. The van der Waals surface area contributed by atoms with E-state index in [1.54, 1.807) is 4.90 Å². The summed E-state index contributed by atoms with van der Waals surface area (Å²) in [6.07, 6.45) is 2.01. The van der Waals surface area contributed by atoms with Gasteiger partial charge in [-0.3, -0.25) is 4.79 Å². The molecule has 1 fully saturated rings. The van der Waals surface area contributed by atoms with Gasteiger partial charge in [0.1, 0.15) is 5.75 Å². The van der Waals surface area contributed by atoms with Crippen molar-refractivity contribution in [2.75, 3.05) is 25.1 Å². The molecule has 1 amide bonds. The Morgan fingerprint density at radius 2 is 1.89 bits per heavy atom. The first-order valence-electron chi connectivity index (χ1n) is 6.03. The quantitative estimate of drug-likeness (QED) is 0.830. The number of benzene rings is 1. The van der Waals surface area contributed by atoms with Crippen molar-refractivity contribution < 1.29 is 13.2 Å². The number of hydrogen-bond acceptors (Lipinski definition) is 3. The molecule has 1 aliphatic rings. The van der Waals surface area contributed by atoms with Crippen LogP contribution in [0.3, 0.4) is 0 Å². The maximum absolute atomic E-state index is 11.6. The van der Waals surface area contributed by atoms with E-state index in [9.17, 15) is 13.2 Å². The van der Waals surface area contributed by atoms with Crippen LogP contribution >= 0.6 is 15.9 Å². The van der Waals surface area contributed by atoms with Crippen LogP contribution in [0.5, 0.6) is 0 Å². The minimum Gasteiger partial charge on any atom is -0.341 e. The Labute approximate surface area is 121 Å². The fourth-order valence-corrected chi connectivity index (χ4v) is 3.07. The molecule has 1 heterocycles. The Bertz CT molecular complexity index is 562. The van der Waals surface area contributed by atoms with Gasteiger partial charge in [-0.15, -0.1) is 0 Å². The summed E-state index contributed by atoms with van der Waals surface area (Å²) >= 11 is 3.39. The topological polar surface area (TPSA) is 54.5 Å². The zero-order valence-electron chi connectivity index (χ0n) is 10.7. The highest BCUT2D eigenvalue weighted by Gasteiger charge is 2.31. The van der Waals surface area contributed by atoms with E-state index >= 15 is 0 Å². The van der Waals surface area contributed by atoms with Crippen LogP contribution in [0.1, 0.15) is 5.56 Å². The average molecular weight is 346 g/mol. The zero-order chi connectivity index (χ0) is 14.0. The lowest BCUT2D eigenvalue weighted by molar-refractivity contribution is -0.134. The first-order valence-corrected chi connectivity index (χ1v) is 8.89. The molecule has 0 radical (unpaired) electrons. The van der Waals surface area contributed by atoms with Crippen molar-refractivity contribution in [1.29, 1.82) is 0 Å². The summed E-state index contributed by atoms with van der Waals surface area (Å²) in [7, 11) is -3.22.